The van der Waals surface area contributed by atoms with Crippen molar-refractivity contribution in [3.05, 3.63) is 60.2 Å². The Morgan fingerprint density at radius 3 is 2.29 bits per heavy atom. The highest BCUT2D eigenvalue weighted by atomic mass is 32.2. The summed E-state index contributed by atoms with van der Waals surface area (Å²) in [5.74, 6) is 0.727. The molecule has 2 aromatic rings. The first-order valence-corrected chi connectivity index (χ1v) is 17.2. The Bertz CT molecular complexity index is 1340. The van der Waals surface area contributed by atoms with Gasteiger partial charge in [0.15, 0.2) is 9.84 Å². The molecule has 3 fully saturated rings. The molecule has 2 heterocycles. The molecule has 1 aliphatic carbocycles. The number of nitriles is 1. The second-order valence-corrected chi connectivity index (χ2v) is 14.9. The minimum atomic E-state index is -3.14. The maximum Gasteiger partial charge on any atom is 0.302 e. The van der Waals surface area contributed by atoms with Gasteiger partial charge >= 0.3 is 5.97 Å². The van der Waals surface area contributed by atoms with Gasteiger partial charge in [0, 0.05) is 38.2 Å². The largest absolute Gasteiger partial charge is 0.466 e. The van der Waals surface area contributed by atoms with Crippen molar-refractivity contribution in [2.75, 3.05) is 44.2 Å². The van der Waals surface area contributed by atoms with Crippen LogP contribution in [0.15, 0.2) is 59.5 Å². The Morgan fingerprint density at radius 2 is 1.71 bits per heavy atom. The number of benzene rings is 2. The van der Waals surface area contributed by atoms with Crippen LogP contribution in [0.3, 0.4) is 0 Å². The Labute approximate surface area is 251 Å². The van der Waals surface area contributed by atoms with Crippen molar-refractivity contribution >= 4 is 21.5 Å². The van der Waals surface area contributed by atoms with Crippen LogP contribution in [0.5, 0.6) is 0 Å². The fraction of sp³-hybridized carbons (Fsp3) is 0.588. The fourth-order valence-electron chi connectivity index (χ4n) is 7.09. The molecule has 5 rings (SSSR count). The molecular weight excluding hydrogens is 546 g/mol. The number of hydrogen-bond donors (Lipinski definition) is 0. The van der Waals surface area contributed by atoms with Gasteiger partial charge in [0.25, 0.3) is 0 Å². The third kappa shape index (κ3) is 6.84. The smallest absolute Gasteiger partial charge is 0.302 e. The van der Waals surface area contributed by atoms with Crippen molar-refractivity contribution in [1.29, 1.82) is 5.26 Å². The summed E-state index contributed by atoms with van der Waals surface area (Å²) < 4.78 is 30.4. The van der Waals surface area contributed by atoms with E-state index in [1.165, 1.54) is 6.92 Å². The molecule has 226 valence electrons. The van der Waals surface area contributed by atoms with Gasteiger partial charge in [-0.3, -0.25) is 4.79 Å². The maximum absolute atomic E-state index is 12.5. The van der Waals surface area contributed by atoms with Gasteiger partial charge in [0.2, 0.25) is 0 Å². The molecular formula is C34H45N3O4S. The summed E-state index contributed by atoms with van der Waals surface area (Å²) in [5, 5.41) is 10.6. The van der Waals surface area contributed by atoms with Crippen LogP contribution in [0.2, 0.25) is 0 Å². The second-order valence-electron chi connectivity index (χ2n) is 12.7. The van der Waals surface area contributed by atoms with E-state index in [2.05, 4.69) is 34.9 Å². The molecule has 2 aromatic carbocycles. The summed E-state index contributed by atoms with van der Waals surface area (Å²) >= 11 is 0. The summed E-state index contributed by atoms with van der Waals surface area (Å²) in [5.41, 5.74) is 1.58. The first-order valence-electron chi connectivity index (χ1n) is 15.7. The molecule has 0 aromatic heterocycles. The number of sulfone groups is 1. The quantitative estimate of drug-likeness (QED) is 0.280. The number of nitrogens with zero attached hydrogens (tertiary/aromatic N) is 3. The van der Waals surface area contributed by atoms with Gasteiger partial charge in [-0.25, -0.2) is 8.42 Å². The van der Waals surface area contributed by atoms with Gasteiger partial charge in [-0.05, 0) is 93.3 Å². The van der Waals surface area contributed by atoms with Gasteiger partial charge in [-0.2, -0.15) is 5.26 Å². The lowest BCUT2D eigenvalue weighted by molar-refractivity contribution is -0.142. The monoisotopic (exact) mass is 591 g/mol. The molecule has 0 amide bonds. The lowest BCUT2D eigenvalue weighted by Crippen LogP contribution is -2.53. The molecule has 2 atom stereocenters. The molecule has 0 radical (unpaired) electrons. The number of esters is 1. The Morgan fingerprint density at radius 1 is 1.05 bits per heavy atom. The van der Waals surface area contributed by atoms with Crippen LogP contribution in [-0.4, -0.2) is 63.9 Å². The molecule has 42 heavy (non-hydrogen) atoms. The van der Waals surface area contributed by atoms with E-state index in [9.17, 15) is 18.5 Å². The van der Waals surface area contributed by atoms with Crippen LogP contribution >= 0.6 is 0 Å². The highest BCUT2D eigenvalue weighted by Gasteiger charge is 2.44. The molecule has 7 nitrogen and oxygen atoms in total. The van der Waals surface area contributed by atoms with Crippen LogP contribution in [0, 0.1) is 29.1 Å². The number of piperidine rings is 1. The number of carbonyl (C=O) groups excluding carboxylic acids is 1. The van der Waals surface area contributed by atoms with E-state index in [-0.39, 0.29) is 23.1 Å². The van der Waals surface area contributed by atoms with Crippen LogP contribution in [0.25, 0.3) is 0 Å². The zero-order valence-corrected chi connectivity index (χ0v) is 25.9. The second kappa shape index (κ2) is 13.2. The normalized spacial score (nSPS) is 20.7. The van der Waals surface area contributed by atoms with Crippen LogP contribution in [0.1, 0.15) is 64.4 Å². The summed E-state index contributed by atoms with van der Waals surface area (Å²) in [6, 6.07) is 20.5. The van der Waals surface area contributed by atoms with Crippen molar-refractivity contribution in [3.63, 3.8) is 0 Å². The Kier molecular flexibility index (Phi) is 9.59. The zero-order valence-electron chi connectivity index (χ0n) is 25.1. The summed E-state index contributed by atoms with van der Waals surface area (Å²) in [7, 11) is -3.14. The first kappa shape index (κ1) is 30.6. The first-order chi connectivity index (χ1) is 20.2. The molecule has 1 saturated carbocycles. The van der Waals surface area contributed by atoms with E-state index >= 15 is 0 Å². The predicted molar refractivity (Wildman–Crippen MR) is 165 cm³/mol. The molecule has 2 saturated heterocycles. The molecule has 8 heteroatoms. The average Bonchev–Trinajstić information content (AvgIpc) is 3.84. The zero-order chi connectivity index (χ0) is 29.7. The van der Waals surface area contributed by atoms with Gasteiger partial charge < -0.3 is 14.5 Å². The third-order valence-electron chi connectivity index (χ3n) is 9.57. The van der Waals surface area contributed by atoms with Gasteiger partial charge in [-0.1, -0.05) is 43.7 Å². The van der Waals surface area contributed by atoms with Crippen LogP contribution in [0.4, 0.5) is 5.69 Å². The number of likely N-dealkylation sites (tertiary alicyclic amines) is 1. The highest BCUT2D eigenvalue weighted by Crippen LogP contribution is 2.44. The Hall–Kier alpha value is -2.89. The topological polar surface area (TPSA) is 90.7 Å². The van der Waals surface area contributed by atoms with Crippen molar-refractivity contribution in [3.8, 4) is 6.07 Å². The number of carbonyl (C=O) groups is 1. The average molecular weight is 592 g/mol. The molecule has 0 bridgehead atoms. The van der Waals surface area contributed by atoms with Crippen molar-refractivity contribution in [2.24, 2.45) is 17.8 Å². The Balaban J connectivity index is 1.17. The van der Waals surface area contributed by atoms with E-state index < -0.39 is 15.3 Å². The SMILES string of the molecule is CCC[C@H](COC(C)=O)CC(C#N)(c1ccccc1)C1CCN(CC2CN(c3ccc(S(=O)(=O)C4CC4)cc3)C2)CC1. The molecule has 2 aliphatic heterocycles. The lowest BCUT2D eigenvalue weighted by Gasteiger charge is -2.46. The third-order valence-corrected chi connectivity index (χ3v) is 11.8. The summed E-state index contributed by atoms with van der Waals surface area (Å²) in [4.78, 5) is 16.9. The molecule has 1 unspecified atom stereocenters. The van der Waals surface area contributed by atoms with Crippen molar-refractivity contribution in [1.82, 2.24) is 4.90 Å². The van der Waals surface area contributed by atoms with Gasteiger partial charge in [0.05, 0.1) is 28.2 Å². The minimum Gasteiger partial charge on any atom is -0.466 e. The standard InChI is InChI=1S/C34H45N3O4S/c1-3-7-27(24-41-26(2)38)20-34(25-35,29-8-5-4-6-9-29)30-16-18-36(19-17-30)21-28-22-37(23-28)31-10-12-32(13-11-31)42(39,40)33-14-15-33/h4-6,8-13,27-28,30,33H,3,7,14-24H2,1-2H3/t27-,34?/m0/s1. The van der Waals surface area contributed by atoms with Crippen LogP contribution in [-0.2, 0) is 24.8 Å². The molecule has 3 aliphatic rings. The van der Waals surface area contributed by atoms with E-state index in [0.29, 0.717) is 23.8 Å². The summed E-state index contributed by atoms with van der Waals surface area (Å²) in [6.45, 7) is 8.94. The van der Waals surface area contributed by atoms with Crippen molar-refractivity contribution < 1.29 is 17.9 Å². The van der Waals surface area contributed by atoms with E-state index in [4.69, 9.17) is 4.74 Å². The lowest BCUT2D eigenvalue weighted by atomic mass is 9.63. The van der Waals surface area contributed by atoms with Crippen molar-refractivity contribution in [2.45, 2.75) is 74.4 Å². The number of hydrogen-bond acceptors (Lipinski definition) is 7. The van der Waals surface area contributed by atoms with E-state index in [1.807, 2.05) is 30.3 Å². The van der Waals surface area contributed by atoms with Gasteiger partial charge in [-0.15, -0.1) is 0 Å². The molecule has 0 N–H and O–H groups in total. The minimum absolute atomic E-state index is 0.153. The number of rotatable bonds is 13. The van der Waals surface area contributed by atoms with Gasteiger partial charge in [0.1, 0.15) is 0 Å². The maximum atomic E-state index is 12.5. The van der Waals surface area contributed by atoms with Crippen LogP contribution < -0.4 is 4.90 Å². The highest BCUT2D eigenvalue weighted by molar-refractivity contribution is 7.92. The molecule has 0 spiro atoms. The predicted octanol–water partition coefficient (Wildman–Crippen LogP) is 5.60. The summed E-state index contributed by atoms with van der Waals surface area (Å²) in [6.07, 6.45) is 6.15. The van der Waals surface area contributed by atoms with E-state index in [0.717, 1.165) is 82.5 Å². The number of ether oxygens (including phenoxy) is 1. The number of anilines is 1. The fourth-order valence-corrected chi connectivity index (χ4v) is 8.74. The van der Waals surface area contributed by atoms with E-state index in [1.54, 1.807) is 12.1 Å².